The summed E-state index contributed by atoms with van der Waals surface area (Å²) in [5, 5.41) is 1.72. The Kier molecular flexibility index (Phi) is 6.59. The molecule has 0 amide bonds. The summed E-state index contributed by atoms with van der Waals surface area (Å²) < 4.78 is 43.2. The number of carbonyl (C=O) groups excluding carboxylic acids is 2. The van der Waals surface area contributed by atoms with Gasteiger partial charge in [0.2, 0.25) is 0 Å². The Morgan fingerprint density at radius 3 is 2.55 bits per heavy atom. The predicted octanol–water partition coefficient (Wildman–Crippen LogP) is 2.74. The number of fused-ring (bicyclic) bond motifs is 1. The van der Waals surface area contributed by atoms with E-state index in [4.69, 9.17) is 14.2 Å². The van der Waals surface area contributed by atoms with Gasteiger partial charge >= 0.3 is 5.97 Å². The fourth-order valence-electron chi connectivity index (χ4n) is 3.54. The van der Waals surface area contributed by atoms with Crippen molar-refractivity contribution in [3.8, 4) is 11.5 Å². The summed E-state index contributed by atoms with van der Waals surface area (Å²) in [6.45, 7) is 1.20. The Morgan fingerprint density at radius 1 is 1.10 bits per heavy atom. The van der Waals surface area contributed by atoms with Crippen LogP contribution >= 0.6 is 11.3 Å². The van der Waals surface area contributed by atoms with Crippen molar-refractivity contribution in [2.45, 2.75) is 23.5 Å². The number of sulfonamides is 1. The SMILES string of the molecule is O=C(COC(=O)C1CCN(S(=O)(=O)c2cccs2)CC1)c1ccc2c(c1)OCCCO2. The van der Waals surface area contributed by atoms with Crippen LogP contribution in [0.15, 0.2) is 39.9 Å². The molecule has 10 heteroatoms. The lowest BCUT2D eigenvalue weighted by Gasteiger charge is -2.29. The maximum absolute atomic E-state index is 12.6. The zero-order chi connectivity index (χ0) is 21.8. The van der Waals surface area contributed by atoms with Crippen LogP contribution in [0.1, 0.15) is 29.6 Å². The summed E-state index contributed by atoms with van der Waals surface area (Å²) >= 11 is 1.17. The molecule has 0 saturated carbocycles. The lowest BCUT2D eigenvalue weighted by atomic mass is 9.98. The first-order chi connectivity index (χ1) is 14.9. The van der Waals surface area contributed by atoms with Crippen LogP contribution in [0.4, 0.5) is 0 Å². The summed E-state index contributed by atoms with van der Waals surface area (Å²) in [6, 6.07) is 8.18. The second-order valence-corrected chi connectivity index (χ2v) is 10.5. The number of nitrogens with zero attached hydrogens (tertiary/aromatic N) is 1. The summed E-state index contributed by atoms with van der Waals surface area (Å²) in [6.07, 6.45) is 1.49. The molecule has 0 atom stereocenters. The van der Waals surface area contributed by atoms with E-state index in [0.29, 0.717) is 47.3 Å². The van der Waals surface area contributed by atoms with E-state index in [0.717, 1.165) is 6.42 Å². The Labute approximate surface area is 184 Å². The standard InChI is InChI=1S/C21H23NO7S2/c23-17(16-4-5-18-19(13-16)28-11-2-10-27-18)14-29-21(24)15-6-8-22(9-7-15)31(25,26)20-3-1-12-30-20/h1,3-5,12-13,15H,2,6-11,14H2. The molecule has 0 unspecified atom stereocenters. The van der Waals surface area contributed by atoms with Gasteiger partial charge in [-0.05, 0) is 42.5 Å². The summed E-state index contributed by atoms with van der Waals surface area (Å²) in [5.74, 6) is -0.131. The van der Waals surface area contributed by atoms with Gasteiger partial charge in [0, 0.05) is 25.1 Å². The number of esters is 1. The first-order valence-corrected chi connectivity index (χ1v) is 12.4. The van der Waals surface area contributed by atoms with Gasteiger partial charge < -0.3 is 14.2 Å². The first-order valence-electron chi connectivity index (χ1n) is 10.1. The van der Waals surface area contributed by atoms with E-state index in [9.17, 15) is 18.0 Å². The molecule has 4 rings (SSSR count). The van der Waals surface area contributed by atoms with Crippen molar-refractivity contribution in [2.75, 3.05) is 32.9 Å². The molecular formula is C21H23NO7S2. The van der Waals surface area contributed by atoms with Gasteiger partial charge in [-0.2, -0.15) is 4.31 Å². The monoisotopic (exact) mass is 465 g/mol. The number of hydrogen-bond acceptors (Lipinski definition) is 8. The number of piperidine rings is 1. The van der Waals surface area contributed by atoms with Gasteiger partial charge in [-0.1, -0.05) is 6.07 Å². The molecule has 166 valence electrons. The number of thiophene rings is 1. The fourth-order valence-corrected chi connectivity index (χ4v) is 6.16. The van der Waals surface area contributed by atoms with E-state index in [1.807, 2.05) is 0 Å². The zero-order valence-electron chi connectivity index (χ0n) is 16.8. The lowest BCUT2D eigenvalue weighted by molar-refractivity contribution is -0.148. The highest BCUT2D eigenvalue weighted by Gasteiger charge is 2.33. The minimum Gasteiger partial charge on any atom is -0.490 e. The minimum absolute atomic E-state index is 0.246. The Bertz CT molecular complexity index is 1040. The molecule has 0 spiro atoms. The molecule has 31 heavy (non-hydrogen) atoms. The highest BCUT2D eigenvalue weighted by molar-refractivity contribution is 7.91. The number of hydrogen-bond donors (Lipinski definition) is 0. The average molecular weight is 466 g/mol. The Hall–Kier alpha value is -2.43. The third-order valence-electron chi connectivity index (χ3n) is 5.29. The van der Waals surface area contributed by atoms with Gasteiger partial charge in [-0.15, -0.1) is 11.3 Å². The van der Waals surface area contributed by atoms with E-state index in [-0.39, 0.29) is 25.5 Å². The largest absolute Gasteiger partial charge is 0.490 e. The highest BCUT2D eigenvalue weighted by Crippen LogP contribution is 2.31. The zero-order valence-corrected chi connectivity index (χ0v) is 18.5. The molecule has 2 aliphatic heterocycles. The second kappa shape index (κ2) is 9.37. The molecule has 1 fully saturated rings. The van der Waals surface area contributed by atoms with Crippen molar-refractivity contribution >= 4 is 33.1 Å². The molecule has 3 heterocycles. The van der Waals surface area contributed by atoms with Crippen LogP contribution in [0.3, 0.4) is 0 Å². The van der Waals surface area contributed by atoms with Crippen molar-refractivity contribution in [1.29, 1.82) is 0 Å². The van der Waals surface area contributed by atoms with E-state index in [1.54, 1.807) is 35.7 Å². The van der Waals surface area contributed by atoms with Crippen LogP contribution in [0.2, 0.25) is 0 Å². The molecule has 0 radical (unpaired) electrons. The third-order valence-corrected chi connectivity index (χ3v) is 8.56. The number of ketones is 1. The van der Waals surface area contributed by atoms with Gasteiger partial charge in [0.25, 0.3) is 10.0 Å². The predicted molar refractivity (Wildman–Crippen MR) is 113 cm³/mol. The van der Waals surface area contributed by atoms with Crippen molar-refractivity contribution in [3.63, 3.8) is 0 Å². The molecule has 8 nitrogen and oxygen atoms in total. The van der Waals surface area contributed by atoms with E-state index >= 15 is 0 Å². The highest BCUT2D eigenvalue weighted by atomic mass is 32.2. The first kappa shape index (κ1) is 21.8. The molecule has 1 aromatic carbocycles. The summed E-state index contributed by atoms with van der Waals surface area (Å²) in [7, 11) is -3.52. The molecule has 0 aliphatic carbocycles. The summed E-state index contributed by atoms with van der Waals surface area (Å²) in [5.41, 5.74) is 0.383. The van der Waals surface area contributed by atoms with Gasteiger partial charge in [0.1, 0.15) is 4.21 Å². The van der Waals surface area contributed by atoms with Gasteiger partial charge in [0.15, 0.2) is 23.9 Å². The van der Waals surface area contributed by atoms with Crippen LogP contribution in [0, 0.1) is 5.92 Å². The topological polar surface area (TPSA) is 99.2 Å². The summed E-state index contributed by atoms with van der Waals surface area (Å²) in [4.78, 5) is 24.9. The molecule has 1 saturated heterocycles. The molecule has 0 N–H and O–H groups in total. The third kappa shape index (κ3) is 4.91. The lowest BCUT2D eigenvalue weighted by Crippen LogP contribution is -2.40. The molecule has 0 bridgehead atoms. The van der Waals surface area contributed by atoms with E-state index < -0.39 is 21.9 Å². The molecule has 2 aromatic rings. The van der Waals surface area contributed by atoms with Crippen molar-refractivity contribution in [1.82, 2.24) is 4.31 Å². The van der Waals surface area contributed by atoms with Crippen molar-refractivity contribution in [3.05, 3.63) is 41.3 Å². The maximum atomic E-state index is 12.6. The Morgan fingerprint density at radius 2 is 1.84 bits per heavy atom. The van der Waals surface area contributed by atoms with E-state index in [1.165, 1.54) is 15.6 Å². The average Bonchev–Trinajstić information content (AvgIpc) is 3.24. The minimum atomic E-state index is -3.52. The van der Waals surface area contributed by atoms with Crippen LogP contribution < -0.4 is 9.47 Å². The molecular weight excluding hydrogens is 442 g/mol. The Balaban J connectivity index is 1.29. The van der Waals surface area contributed by atoms with Gasteiger partial charge in [0.05, 0.1) is 19.1 Å². The number of Topliss-reactive ketones (excluding diaryl/α,β-unsaturated/α-hetero) is 1. The van der Waals surface area contributed by atoms with Crippen LogP contribution in [0.5, 0.6) is 11.5 Å². The maximum Gasteiger partial charge on any atom is 0.309 e. The van der Waals surface area contributed by atoms with E-state index in [2.05, 4.69) is 0 Å². The molecule has 1 aromatic heterocycles. The number of ether oxygens (including phenoxy) is 3. The number of rotatable bonds is 6. The number of benzene rings is 1. The van der Waals surface area contributed by atoms with Crippen LogP contribution in [-0.2, 0) is 19.6 Å². The van der Waals surface area contributed by atoms with Crippen molar-refractivity contribution in [2.24, 2.45) is 5.92 Å². The normalized spacial score (nSPS) is 17.7. The number of carbonyl (C=O) groups is 2. The molecule has 2 aliphatic rings. The van der Waals surface area contributed by atoms with Crippen LogP contribution in [-0.4, -0.2) is 57.4 Å². The van der Waals surface area contributed by atoms with Crippen molar-refractivity contribution < 1.29 is 32.2 Å². The quantitative estimate of drug-likeness (QED) is 0.478. The second-order valence-electron chi connectivity index (χ2n) is 7.35. The van der Waals surface area contributed by atoms with Gasteiger partial charge in [-0.3, -0.25) is 9.59 Å². The smallest absolute Gasteiger partial charge is 0.309 e. The van der Waals surface area contributed by atoms with Crippen LogP contribution in [0.25, 0.3) is 0 Å². The van der Waals surface area contributed by atoms with Gasteiger partial charge in [-0.25, -0.2) is 8.42 Å². The fraction of sp³-hybridized carbons (Fsp3) is 0.429.